The fourth-order valence-corrected chi connectivity index (χ4v) is 4.26. The van der Waals surface area contributed by atoms with Crippen molar-refractivity contribution in [2.45, 2.75) is 40.3 Å². The first-order valence-corrected chi connectivity index (χ1v) is 11.2. The molecule has 2 N–H and O–H groups in total. The quantitative estimate of drug-likeness (QED) is 0.502. The average molecular weight is 467 g/mol. The van der Waals surface area contributed by atoms with Gasteiger partial charge >= 0.3 is 6.18 Å². The van der Waals surface area contributed by atoms with Crippen molar-refractivity contribution in [2.75, 3.05) is 11.1 Å². The van der Waals surface area contributed by atoms with Crippen LogP contribution in [0.15, 0.2) is 57.2 Å². The normalized spacial score (nSPS) is 15.3. The highest BCUT2D eigenvalue weighted by atomic mass is 32.2. The molecule has 6 nitrogen and oxygen atoms in total. The SMILES string of the molecule is CC[S+]([O-])c1ccc(S(=O)(=O)c2ccc(NC(=O)[C@@](C)(O)C(F)(F)F)c(F)c2)cc1. The second kappa shape index (κ2) is 8.53. The number of aliphatic hydroxyl groups is 1. The molecule has 0 aromatic heterocycles. The molecule has 0 aliphatic rings. The van der Waals surface area contributed by atoms with Crippen molar-refractivity contribution < 1.29 is 40.4 Å². The lowest BCUT2D eigenvalue weighted by Gasteiger charge is -2.25. The Kier molecular flexibility index (Phi) is 6.86. The maximum atomic E-state index is 14.3. The standard InChI is InChI=1S/C18H17F4NO5S2/c1-3-29(26)11-4-6-12(7-5-11)30(27,28)13-8-9-15(14(19)10-13)23-16(24)17(2,25)18(20,21)22/h4-10,25H,3H2,1-2H3,(H,23,24)/t17-,29?/m1/s1. The van der Waals surface area contributed by atoms with Crippen LogP contribution in [0.5, 0.6) is 0 Å². The van der Waals surface area contributed by atoms with Crippen molar-refractivity contribution in [3.05, 3.63) is 48.3 Å². The summed E-state index contributed by atoms with van der Waals surface area (Å²) in [6.45, 7) is 1.90. The molecule has 30 heavy (non-hydrogen) atoms. The number of anilines is 1. The molecule has 1 amide bonds. The van der Waals surface area contributed by atoms with Crippen molar-refractivity contribution in [3.8, 4) is 0 Å². The summed E-state index contributed by atoms with van der Waals surface area (Å²) in [5.74, 6) is -2.90. The van der Waals surface area contributed by atoms with E-state index < -0.39 is 55.1 Å². The molecule has 2 aromatic carbocycles. The highest BCUT2D eigenvalue weighted by Crippen LogP contribution is 2.32. The molecular weight excluding hydrogens is 450 g/mol. The van der Waals surface area contributed by atoms with Crippen LogP contribution in [0.2, 0.25) is 0 Å². The Morgan fingerprint density at radius 3 is 2.13 bits per heavy atom. The number of amides is 1. The second-order valence-corrected chi connectivity index (χ2v) is 9.96. The van der Waals surface area contributed by atoms with Gasteiger partial charge in [0.2, 0.25) is 15.4 Å². The lowest BCUT2D eigenvalue weighted by Crippen LogP contribution is -2.52. The van der Waals surface area contributed by atoms with Crippen molar-refractivity contribution in [2.24, 2.45) is 0 Å². The summed E-state index contributed by atoms with van der Waals surface area (Å²) in [6.07, 6.45) is -5.30. The van der Waals surface area contributed by atoms with Crippen molar-refractivity contribution in [1.29, 1.82) is 0 Å². The minimum atomic E-state index is -5.30. The van der Waals surface area contributed by atoms with Crippen LogP contribution in [-0.2, 0) is 25.8 Å². The van der Waals surface area contributed by atoms with Crippen molar-refractivity contribution in [1.82, 2.24) is 0 Å². The van der Waals surface area contributed by atoms with E-state index in [2.05, 4.69) is 0 Å². The van der Waals surface area contributed by atoms with Crippen LogP contribution in [0.1, 0.15) is 13.8 Å². The summed E-state index contributed by atoms with van der Waals surface area (Å²) in [4.78, 5) is 11.3. The molecule has 0 aliphatic carbocycles. The van der Waals surface area contributed by atoms with E-state index in [9.17, 15) is 40.4 Å². The zero-order valence-electron chi connectivity index (χ0n) is 15.7. The third-order valence-corrected chi connectivity index (χ3v) is 7.24. The molecule has 2 atom stereocenters. The van der Waals surface area contributed by atoms with Gasteiger partial charge in [-0.15, -0.1) is 0 Å². The van der Waals surface area contributed by atoms with Crippen LogP contribution in [-0.4, -0.2) is 41.5 Å². The molecule has 0 heterocycles. The number of rotatable bonds is 6. The summed E-state index contributed by atoms with van der Waals surface area (Å²) in [7, 11) is -4.19. The average Bonchev–Trinajstić information content (AvgIpc) is 2.67. The molecule has 2 aromatic rings. The summed E-state index contributed by atoms with van der Waals surface area (Å²) in [5, 5.41) is 10.9. The molecule has 0 fully saturated rings. The lowest BCUT2D eigenvalue weighted by molar-refractivity contribution is -0.242. The van der Waals surface area contributed by atoms with E-state index in [1.54, 1.807) is 12.2 Å². The number of hydrogen-bond donors (Lipinski definition) is 2. The second-order valence-electron chi connectivity index (χ2n) is 6.27. The van der Waals surface area contributed by atoms with E-state index in [1.807, 2.05) is 0 Å². The Morgan fingerprint density at radius 2 is 1.67 bits per heavy atom. The Balaban J connectivity index is 2.31. The topological polar surface area (TPSA) is 107 Å². The highest BCUT2D eigenvalue weighted by molar-refractivity contribution is 7.92. The monoisotopic (exact) mass is 467 g/mol. The van der Waals surface area contributed by atoms with E-state index in [-0.39, 0.29) is 11.8 Å². The number of carbonyl (C=O) groups excluding carboxylic acids is 1. The molecule has 0 radical (unpaired) electrons. The summed E-state index contributed by atoms with van der Waals surface area (Å²) in [5.41, 5.74) is -4.51. The maximum Gasteiger partial charge on any atom is 0.426 e. The molecule has 1 unspecified atom stereocenters. The van der Waals surface area contributed by atoms with Crippen molar-refractivity contribution >= 4 is 32.6 Å². The summed E-state index contributed by atoms with van der Waals surface area (Å²) in [6, 6.07) is 7.32. The fourth-order valence-electron chi connectivity index (χ4n) is 2.21. The Hall–Kier alpha value is -2.15. The van der Waals surface area contributed by atoms with Crippen LogP contribution in [0.25, 0.3) is 0 Å². The Bertz CT molecular complexity index is 1040. The van der Waals surface area contributed by atoms with Crippen LogP contribution < -0.4 is 5.32 Å². The van der Waals surface area contributed by atoms with Gasteiger partial charge in [-0.3, -0.25) is 4.79 Å². The van der Waals surface area contributed by atoms with E-state index in [4.69, 9.17) is 0 Å². The minimum absolute atomic E-state index is 0.203. The zero-order chi connectivity index (χ0) is 22.9. The number of alkyl halides is 3. The van der Waals surface area contributed by atoms with Crippen molar-refractivity contribution in [3.63, 3.8) is 0 Å². The van der Waals surface area contributed by atoms with Gasteiger partial charge in [0.25, 0.3) is 5.91 Å². The van der Waals surface area contributed by atoms with Gasteiger partial charge in [-0.1, -0.05) is 0 Å². The third-order valence-electron chi connectivity index (χ3n) is 4.15. The number of sulfone groups is 1. The van der Waals surface area contributed by atoms with Gasteiger partial charge in [0, 0.05) is 0 Å². The summed E-state index contributed by atoms with van der Waals surface area (Å²) >= 11 is -1.29. The molecule has 2 rings (SSSR count). The Morgan fingerprint density at radius 1 is 1.13 bits per heavy atom. The Labute approximate surface area is 173 Å². The molecule has 0 saturated heterocycles. The number of nitrogens with one attached hydrogen (secondary N) is 1. The van der Waals surface area contributed by atoms with Crippen LogP contribution in [0.4, 0.5) is 23.2 Å². The van der Waals surface area contributed by atoms with Crippen LogP contribution in [0.3, 0.4) is 0 Å². The minimum Gasteiger partial charge on any atom is -0.611 e. The molecular formula is C18H17F4NO5S2. The summed E-state index contributed by atoms with van der Waals surface area (Å²) < 4.78 is 89.4. The lowest BCUT2D eigenvalue weighted by atomic mass is 10.1. The van der Waals surface area contributed by atoms with Gasteiger partial charge < -0.3 is 15.0 Å². The molecule has 0 spiro atoms. The molecule has 164 valence electrons. The van der Waals surface area contributed by atoms with Crippen LogP contribution >= 0.6 is 0 Å². The largest absolute Gasteiger partial charge is 0.611 e. The molecule has 12 heteroatoms. The first-order chi connectivity index (χ1) is 13.7. The van der Waals surface area contributed by atoms with E-state index in [0.717, 1.165) is 12.1 Å². The number of benzene rings is 2. The van der Waals surface area contributed by atoms with Gasteiger partial charge in [-0.2, -0.15) is 13.2 Å². The smallest absolute Gasteiger partial charge is 0.426 e. The first-order valence-electron chi connectivity index (χ1n) is 8.35. The molecule has 0 aliphatic heterocycles. The van der Waals surface area contributed by atoms with E-state index in [0.29, 0.717) is 16.7 Å². The highest BCUT2D eigenvalue weighted by Gasteiger charge is 2.55. The van der Waals surface area contributed by atoms with Gasteiger partial charge in [-0.25, -0.2) is 12.8 Å². The zero-order valence-corrected chi connectivity index (χ0v) is 17.3. The van der Waals surface area contributed by atoms with Gasteiger partial charge in [-0.05, 0) is 67.5 Å². The predicted octanol–water partition coefficient (Wildman–Crippen LogP) is 3.04. The van der Waals surface area contributed by atoms with Gasteiger partial charge in [0.1, 0.15) is 11.6 Å². The third kappa shape index (κ3) is 4.77. The van der Waals surface area contributed by atoms with Crippen LogP contribution in [0, 0.1) is 5.82 Å². The molecule has 0 bridgehead atoms. The van der Waals surface area contributed by atoms with E-state index >= 15 is 0 Å². The fraction of sp³-hybridized carbons (Fsp3) is 0.278. The van der Waals surface area contributed by atoms with Gasteiger partial charge in [0.05, 0.1) is 15.5 Å². The maximum absolute atomic E-state index is 14.3. The number of halogens is 4. The first kappa shape index (κ1) is 24.1. The predicted molar refractivity (Wildman–Crippen MR) is 101 cm³/mol. The van der Waals surface area contributed by atoms with Gasteiger partial charge in [0.15, 0.2) is 4.90 Å². The van der Waals surface area contributed by atoms with E-state index in [1.165, 1.54) is 24.3 Å². The molecule has 0 saturated carbocycles. The number of hydrogen-bond acceptors (Lipinski definition) is 5. The number of carbonyl (C=O) groups is 1.